The van der Waals surface area contributed by atoms with Crippen molar-refractivity contribution in [3.05, 3.63) is 47.2 Å². The SMILES string of the molecule is CC(C)[C@H](N)C(=O)O[C@@H]1C[C@H](C)Cc2nnc(-c3cccc(C(F)(F)F)c3)cc21.Cl.Cl. The maximum atomic E-state index is 13.0. The van der Waals surface area contributed by atoms with Gasteiger partial charge in [0.2, 0.25) is 0 Å². The average molecular weight is 480 g/mol. The van der Waals surface area contributed by atoms with Gasteiger partial charge < -0.3 is 10.5 Å². The van der Waals surface area contributed by atoms with E-state index in [0.717, 1.165) is 12.1 Å². The van der Waals surface area contributed by atoms with Crippen molar-refractivity contribution in [3.63, 3.8) is 0 Å². The number of nitrogens with two attached hydrogens (primary N) is 1. The number of rotatable bonds is 4. The topological polar surface area (TPSA) is 78.1 Å². The largest absolute Gasteiger partial charge is 0.456 e. The van der Waals surface area contributed by atoms with Gasteiger partial charge in [-0.3, -0.25) is 4.79 Å². The first-order chi connectivity index (χ1) is 13.6. The van der Waals surface area contributed by atoms with Gasteiger partial charge >= 0.3 is 12.1 Å². The number of carbonyl (C=O) groups excluding carboxylic acids is 1. The first kappa shape index (κ1) is 27.1. The van der Waals surface area contributed by atoms with E-state index in [1.807, 2.05) is 20.8 Å². The highest BCUT2D eigenvalue weighted by molar-refractivity contribution is 5.85. The summed E-state index contributed by atoms with van der Waals surface area (Å²) < 4.78 is 44.8. The normalized spacial score (nSPS) is 19.0. The summed E-state index contributed by atoms with van der Waals surface area (Å²) in [5, 5.41) is 8.34. The van der Waals surface area contributed by atoms with Crippen LogP contribution in [0.1, 0.15) is 50.1 Å². The number of alkyl halides is 3. The Labute approximate surface area is 191 Å². The molecule has 5 nitrogen and oxygen atoms in total. The minimum Gasteiger partial charge on any atom is -0.456 e. The van der Waals surface area contributed by atoms with Gasteiger partial charge in [0.05, 0.1) is 17.0 Å². The van der Waals surface area contributed by atoms with E-state index in [2.05, 4.69) is 10.2 Å². The highest BCUT2D eigenvalue weighted by Gasteiger charge is 2.33. The van der Waals surface area contributed by atoms with E-state index >= 15 is 0 Å². The van der Waals surface area contributed by atoms with Crippen LogP contribution in [0, 0.1) is 11.8 Å². The fraction of sp³-hybridized carbons (Fsp3) is 0.476. The van der Waals surface area contributed by atoms with Crippen molar-refractivity contribution in [1.29, 1.82) is 0 Å². The number of fused-ring (bicyclic) bond motifs is 1. The highest BCUT2D eigenvalue weighted by Crippen LogP contribution is 2.37. The standard InChI is InChI=1S/C21H24F3N3O2.2ClH/c1-11(2)19(25)20(28)29-18-8-12(3)7-17-15(18)10-16(26-27-17)13-5-4-6-14(9-13)21(22,23)24;;/h4-6,9-12,18-19H,7-8,25H2,1-3H3;2*1H/t12-,18-,19+;;/m1../s1. The molecule has 3 rings (SSSR count). The van der Waals surface area contributed by atoms with Gasteiger partial charge in [-0.25, -0.2) is 0 Å². The molecule has 1 aromatic carbocycles. The Kier molecular flexibility index (Phi) is 9.29. The van der Waals surface area contributed by atoms with Crippen molar-refractivity contribution < 1.29 is 22.7 Å². The van der Waals surface area contributed by atoms with Crippen molar-refractivity contribution in [1.82, 2.24) is 10.2 Å². The zero-order valence-corrected chi connectivity index (χ0v) is 19.0. The Morgan fingerprint density at radius 2 is 1.87 bits per heavy atom. The summed E-state index contributed by atoms with van der Waals surface area (Å²) in [6, 6.07) is 5.86. The third kappa shape index (κ3) is 6.30. The summed E-state index contributed by atoms with van der Waals surface area (Å²) in [4.78, 5) is 12.4. The second-order valence-corrected chi connectivity index (χ2v) is 7.95. The molecule has 0 radical (unpaired) electrons. The molecule has 3 atom stereocenters. The van der Waals surface area contributed by atoms with Gasteiger partial charge in [-0.2, -0.15) is 23.4 Å². The van der Waals surface area contributed by atoms with Gasteiger partial charge in [-0.15, -0.1) is 24.8 Å². The summed E-state index contributed by atoms with van der Waals surface area (Å²) in [5.74, 6) is -0.342. The molecule has 0 bridgehead atoms. The lowest BCUT2D eigenvalue weighted by Crippen LogP contribution is -2.38. The smallest absolute Gasteiger partial charge is 0.416 e. The summed E-state index contributed by atoms with van der Waals surface area (Å²) in [5.41, 5.74) is 7.12. The molecule has 1 aliphatic carbocycles. The van der Waals surface area contributed by atoms with Gasteiger partial charge in [0, 0.05) is 11.1 Å². The van der Waals surface area contributed by atoms with E-state index in [1.54, 1.807) is 12.1 Å². The number of nitrogens with zero attached hydrogens (tertiary/aromatic N) is 2. The zero-order valence-electron chi connectivity index (χ0n) is 17.3. The molecule has 0 fully saturated rings. The molecule has 172 valence electrons. The summed E-state index contributed by atoms with van der Waals surface area (Å²) >= 11 is 0. The van der Waals surface area contributed by atoms with Crippen LogP contribution in [-0.2, 0) is 22.1 Å². The Balaban J connectivity index is 0.00000240. The summed E-state index contributed by atoms with van der Waals surface area (Å²) in [6.07, 6.45) is -3.74. The number of ether oxygens (including phenoxy) is 1. The van der Waals surface area contributed by atoms with Crippen LogP contribution in [0.25, 0.3) is 11.3 Å². The lowest BCUT2D eigenvalue weighted by Gasteiger charge is -2.30. The molecule has 1 aliphatic rings. The molecule has 0 saturated carbocycles. The molecule has 0 spiro atoms. The second-order valence-electron chi connectivity index (χ2n) is 7.95. The molecule has 0 saturated heterocycles. The number of aromatic nitrogens is 2. The van der Waals surface area contributed by atoms with Gasteiger partial charge in [0.25, 0.3) is 0 Å². The minimum absolute atomic E-state index is 0. The average Bonchev–Trinajstić information content (AvgIpc) is 2.66. The number of carbonyl (C=O) groups is 1. The Hall–Kier alpha value is -1.90. The summed E-state index contributed by atoms with van der Waals surface area (Å²) in [7, 11) is 0. The molecule has 2 aromatic rings. The van der Waals surface area contributed by atoms with Crippen molar-refractivity contribution >= 4 is 30.8 Å². The number of benzene rings is 1. The molecular weight excluding hydrogens is 454 g/mol. The predicted molar refractivity (Wildman–Crippen MR) is 116 cm³/mol. The quantitative estimate of drug-likeness (QED) is 0.612. The van der Waals surface area contributed by atoms with E-state index < -0.39 is 29.9 Å². The molecule has 2 N–H and O–H groups in total. The first-order valence-electron chi connectivity index (χ1n) is 9.56. The minimum atomic E-state index is -4.45. The Bertz CT molecular complexity index is 910. The monoisotopic (exact) mass is 479 g/mol. The van der Waals surface area contributed by atoms with Crippen LogP contribution in [0.5, 0.6) is 0 Å². The molecule has 0 amide bonds. The van der Waals surface area contributed by atoms with Crippen molar-refractivity contribution in [2.75, 3.05) is 0 Å². The molecule has 10 heteroatoms. The van der Waals surface area contributed by atoms with Crippen LogP contribution in [0.2, 0.25) is 0 Å². The zero-order chi connectivity index (χ0) is 21.3. The highest BCUT2D eigenvalue weighted by atomic mass is 35.5. The van der Waals surface area contributed by atoms with Gasteiger partial charge in [-0.1, -0.05) is 32.9 Å². The van der Waals surface area contributed by atoms with Crippen LogP contribution >= 0.6 is 24.8 Å². The van der Waals surface area contributed by atoms with E-state index in [1.165, 1.54) is 6.07 Å². The fourth-order valence-corrected chi connectivity index (χ4v) is 3.37. The molecule has 0 unspecified atom stereocenters. The molecule has 1 aromatic heterocycles. The molecule has 31 heavy (non-hydrogen) atoms. The number of halogens is 5. The number of esters is 1. The first-order valence-corrected chi connectivity index (χ1v) is 9.56. The second kappa shape index (κ2) is 10.6. The van der Waals surface area contributed by atoms with Crippen molar-refractivity contribution in [2.45, 2.75) is 51.9 Å². The Morgan fingerprint density at radius 3 is 2.48 bits per heavy atom. The van der Waals surface area contributed by atoms with Crippen molar-refractivity contribution in [2.24, 2.45) is 17.6 Å². The van der Waals surface area contributed by atoms with Gasteiger partial charge in [-0.05, 0) is 42.9 Å². The van der Waals surface area contributed by atoms with E-state index in [0.29, 0.717) is 35.4 Å². The Morgan fingerprint density at radius 1 is 1.19 bits per heavy atom. The maximum Gasteiger partial charge on any atom is 0.416 e. The van der Waals surface area contributed by atoms with Gasteiger partial charge in [0.1, 0.15) is 12.1 Å². The lowest BCUT2D eigenvalue weighted by atomic mass is 9.85. The maximum absolute atomic E-state index is 13.0. The van der Waals surface area contributed by atoms with Crippen LogP contribution in [0.4, 0.5) is 13.2 Å². The molecule has 0 aliphatic heterocycles. The third-order valence-electron chi connectivity index (χ3n) is 5.14. The summed E-state index contributed by atoms with van der Waals surface area (Å²) in [6.45, 7) is 5.69. The van der Waals surface area contributed by atoms with E-state index in [9.17, 15) is 18.0 Å². The van der Waals surface area contributed by atoms with E-state index in [-0.39, 0.29) is 36.6 Å². The fourth-order valence-electron chi connectivity index (χ4n) is 3.37. The van der Waals surface area contributed by atoms with E-state index in [4.69, 9.17) is 10.5 Å². The molecule has 1 heterocycles. The number of hydrogen-bond donors (Lipinski definition) is 1. The van der Waals surface area contributed by atoms with Crippen LogP contribution in [0.3, 0.4) is 0 Å². The van der Waals surface area contributed by atoms with Crippen molar-refractivity contribution in [3.8, 4) is 11.3 Å². The third-order valence-corrected chi connectivity index (χ3v) is 5.14. The van der Waals surface area contributed by atoms with Crippen LogP contribution in [0.15, 0.2) is 30.3 Å². The lowest BCUT2D eigenvalue weighted by molar-refractivity contribution is -0.153. The van der Waals surface area contributed by atoms with Crippen LogP contribution in [-0.4, -0.2) is 22.2 Å². The number of hydrogen-bond acceptors (Lipinski definition) is 5. The van der Waals surface area contributed by atoms with Crippen LogP contribution < -0.4 is 5.73 Å². The predicted octanol–water partition coefficient (Wildman–Crippen LogP) is 5.16. The molecular formula is C21H26Cl2F3N3O2. The van der Waals surface area contributed by atoms with Gasteiger partial charge in [0.15, 0.2) is 0 Å².